The van der Waals surface area contributed by atoms with Crippen molar-refractivity contribution in [1.82, 2.24) is 0 Å². The van der Waals surface area contributed by atoms with Gasteiger partial charge in [0.1, 0.15) is 0 Å². The molecule has 0 bridgehead atoms. The van der Waals surface area contributed by atoms with Gasteiger partial charge in [0.05, 0.1) is 6.07 Å². The maximum absolute atomic E-state index is 13.3. The molecule has 0 aromatic carbocycles. The summed E-state index contributed by atoms with van der Waals surface area (Å²) in [6.45, 7) is 4.33. The number of nitriles is 1. The summed E-state index contributed by atoms with van der Waals surface area (Å²) in [4.78, 5) is 0. The Kier molecular flexibility index (Phi) is 5.27. The van der Waals surface area contributed by atoms with Crippen molar-refractivity contribution in [2.45, 2.75) is 89.8 Å². The Hall–Kier alpha value is -1.28. The van der Waals surface area contributed by atoms with E-state index in [2.05, 4.69) is 19.9 Å². The zero-order valence-electron chi connectivity index (χ0n) is 16.3. The van der Waals surface area contributed by atoms with E-state index in [1.165, 1.54) is 5.57 Å². The molecule has 0 heterocycles. The number of allylic oxidation sites excluding steroid dienone is 3. The van der Waals surface area contributed by atoms with Crippen LogP contribution in [0.5, 0.6) is 0 Å². The molecule has 3 aliphatic carbocycles. The summed E-state index contributed by atoms with van der Waals surface area (Å²) >= 11 is 0. The third-order valence-electron chi connectivity index (χ3n) is 7.80. The number of halogens is 3. The number of hydrogen-bond donors (Lipinski definition) is 1. The third-order valence-corrected chi connectivity index (χ3v) is 7.80. The van der Waals surface area contributed by atoms with Gasteiger partial charge in [-0.25, -0.2) is 0 Å². The monoisotopic (exact) mass is 381 g/mol. The van der Waals surface area contributed by atoms with Crippen LogP contribution < -0.4 is 0 Å². The first-order chi connectivity index (χ1) is 12.5. The van der Waals surface area contributed by atoms with E-state index in [0.29, 0.717) is 18.8 Å². The summed E-state index contributed by atoms with van der Waals surface area (Å²) in [6.07, 6.45) is 6.07. The Morgan fingerprint density at radius 1 is 1.22 bits per heavy atom. The fourth-order valence-corrected chi connectivity index (χ4v) is 5.74. The lowest BCUT2D eigenvalue weighted by Crippen LogP contribution is -2.50. The van der Waals surface area contributed by atoms with Crippen LogP contribution in [0.4, 0.5) is 13.2 Å². The molecule has 0 saturated heterocycles. The molecule has 0 aliphatic heterocycles. The van der Waals surface area contributed by atoms with Crippen LogP contribution in [0.15, 0.2) is 23.3 Å². The van der Waals surface area contributed by atoms with Crippen LogP contribution in [0.3, 0.4) is 0 Å². The number of alkyl halides is 3. The molecule has 0 amide bonds. The van der Waals surface area contributed by atoms with Crippen molar-refractivity contribution in [2.24, 2.45) is 16.7 Å². The number of nitrogens with zero attached hydrogens (tertiary/aromatic N) is 1. The van der Waals surface area contributed by atoms with Gasteiger partial charge in [-0.3, -0.25) is 0 Å². The second-order valence-corrected chi connectivity index (χ2v) is 9.35. The molecule has 4 atom stereocenters. The number of hydrogen-bond acceptors (Lipinski definition) is 2. The predicted molar refractivity (Wildman–Crippen MR) is 98.7 cm³/mol. The molecular formula is C22H30F3NO. The highest BCUT2D eigenvalue weighted by atomic mass is 19.4. The van der Waals surface area contributed by atoms with Crippen molar-refractivity contribution in [1.29, 1.82) is 5.26 Å². The predicted octanol–water partition coefficient (Wildman–Crippen LogP) is 6.23. The average Bonchev–Trinajstić information content (AvgIpc) is 2.94. The van der Waals surface area contributed by atoms with Gasteiger partial charge in [0.15, 0.2) is 5.60 Å². The van der Waals surface area contributed by atoms with Crippen LogP contribution in [-0.4, -0.2) is 16.9 Å². The smallest absolute Gasteiger partial charge is 0.377 e. The number of rotatable bonds is 3. The zero-order valence-corrected chi connectivity index (χ0v) is 16.3. The Bertz CT molecular complexity index is 689. The van der Waals surface area contributed by atoms with Gasteiger partial charge in [-0.1, -0.05) is 25.0 Å². The molecule has 1 N–H and O–H groups in total. The van der Waals surface area contributed by atoms with Gasteiger partial charge >= 0.3 is 6.18 Å². The molecule has 3 rings (SSSR count). The number of aliphatic hydroxyl groups is 1. The standard InChI is InChI=1S/C22H30F3NO/c1-19(10-4-7-16(19)9-14-26)11-8-17-5-3-6-18-15-21(27,22(23,24)25)13-12-20(17,18)2/h9,15,17,27H,3-8,10-13H2,1-2H3. The molecule has 0 aromatic heterocycles. The molecule has 150 valence electrons. The zero-order chi connectivity index (χ0) is 19.9. The molecule has 2 nitrogen and oxygen atoms in total. The minimum atomic E-state index is -4.61. The Labute approximate surface area is 160 Å². The van der Waals surface area contributed by atoms with E-state index in [1.54, 1.807) is 6.08 Å². The highest BCUT2D eigenvalue weighted by Crippen LogP contribution is 2.57. The third kappa shape index (κ3) is 3.58. The van der Waals surface area contributed by atoms with E-state index in [1.807, 2.05) is 0 Å². The second-order valence-electron chi connectivity index (χ2n) is 9.35. The molecular weight excluding hydrogens is 351 g/mol. The van der Waals surface area contributed by atoms with E-state index >= 15 is 0 Å². The van der Waals surface area contributed by atoms with Crippen molar-refractivity contribution >= 4 is 0 Å². The Morgan fingerprint density at radius 2 is 1.96 bits per heavy atom. The Morgan fingerprint density at radius 3 is 2.63 bits per heavy atom. The summed E-state index contributed by atoms with van der Waals surface area (Å²) in [7, 11) is 0. The normalized spacial score (nSPS) is 41.1. The molecule has 3 aliphatic rings. The first kappa shape index (κ1) is 20.5. The van der Waals surface area contributed by atoms with Gasteiger partial charge in [0.25, 0.3) is 0 Å². The summed E-state index contributed by atoms with van der Waals surface area (Å²) in [6, 6.07) is 2.17. The highest BCUT2D eigenvalue weighted by Gasteiger charge is 2.57. The van der Waals surface area contributed by atoms with Gasteiger partial charge in [0, 0.05) is 6.08 Å². The van der Waals surface area contributed by atoms with Crippen molar-refractivity contribution < 1.29 is 18.3 Å². The molecule has 27 heavy (non-hydrogen) atoms. The average molecular weight is 381 g/mol. The lowest BCUT2D eigenvalue weighted by molar-refractivity contribution is -0.247. The molecule has 0 aromatic rings. The summed E-state index contributed by atoms with van der Waals surface area (Å²) < 4.78 is 39.9. The molecule has 0 radical (unpaired) electrons. The highest BCUT2D eigenvalue weighted by molar-refractivity contribution is 5.28. The summed E-state index contributed by atoms with van der Waals surface area (Å²) in [5, 5.41) is 19.2. The molecule has 5 heteroatoms. The Balaban J connectivity index is 1.78. The molecule has 0 spiro atoms. The molecule has 2 saturated carbocycles. The SMILES string of the molecule is CC1(CCC2CCCC3=CC(O)(C(F)(F)F)CCC32C)CCCC1=CC#N. The van der Waals surface area contributed by atoms with Crippen LogP contribution in [0.2, 0.25) is 0 Å². The minimum Gasteiger partial charge on any atom is -0.377 e. The number of fused-ring (bicyclic) bond motifs is 1. The van der Waals surface area contributed by atoms with Crippen molar-refractivity contribution in [3.8, 4) is 6.07 Å². The van der Waals surface area contributed by atoms with Crippen LogP contribution in [0.1, 0.15) is 78.1 Å². The van der Waals surface area contributed by atoms with Gasteiger partial charge in [-0.2, -0.15) is 18.4 Å². The fourth-order valence-electron chi connectivity index (χ4n) is 5.74. The molecule has 2 fully saturated rings. The second kappa shape index (κ2) is 6.95. The lowest BCUT2D eigenvalue weighted by Gasteiger charge is -2.50. The fraction of sp³-hybridized carbons (Fsp3) is 0.773. The largest absolute Gasteiger partial charge is 0.420 e. The van der Waals surface area contributed by atoms with Crippen molar-refractivity contribution in [3.63, 3.8) is 0 Å². The van der Waals surface area contributed by atoms with Gasteiger partial charge < -0.3 is 5.11 Å². The minimum absolute atomic E-state index is 0.0504. The van der Waals surface area contributed by atoms with E-state index in [9.17, 15) is 18.3 Å². The molecule has 4 unspecified atom stereocenters. The van der Waals surface area contributed by atoms with Crippen LogP contribution in [-0.2, 0) is 0 Å². The van der Waals surface area contributed by atoms with Crippen LogP contribution in [0.25, 0.3) is 0 Å². The summed E-state index contributed by atoms with van der Waals surface area (Å²) in [5.74, 6) is 0.344. The van der Waals surface area contributed by atoms with E-state index in [4.69, 9.17) is 5.26 Å². The summed E-state index contributed by atoms with van der Waals surface area (Å²) in [5.41, 5.74) is -0.825. The maximum Gasteiger partial charge on any atom is 0.420 e. The van der Waals surface area contributed by atoms with Gasteiger partial charge in [0.2, 0.25) is 0 Å². The van der Waals surface area contributed by atoms with E-state index < -0.39 is 11.8 Å². The van der Waals surface area contributed by atoms with Crippen LogP contribution in [0, 0.1) is 28.1 Å². The van der Waals surface area contributed by atoms with Crippen LogP contribution >= 0.6 is 0 Å². The first-order valence-electron chi connectivity index (χ1n) is 10.1. The maximum atomic E-state index is 13.3. The quantitative estimate of drug-likeness (QED) is 0.465. The van der Waals surface area contributed by atoms with Gasteiger partial charge in [-0.05, 0) is 87.0 Å². The van der Waals surface area contributed by atoms with Gasteiger partial charge in [-0.15, -0.1) is 0 Å². The van der Waals surface area contributed by atoms with E-state index in [-0.39, 0.29) is 17.3 Å². The van der Waals surface area contributed by atoms with Crippen molar-refractivity contribution in [2.75, 3.05) is 0 Å². The lowest BCUT2D eigenvalue weighted by atomic mass is 9.56. The topological polar surface area (TPSA) is 44.0 Å². The first-order valence-corrected chi connectivity index (χ1v) is 10.1. The van der Waals surface area contributed by atoms with Crippen molar-refractivity contribution in [3.05, 3.63) is 23.3 Å². The van der Waals surface area contributed by atoms with E-state index in [0.717, 1.165) is 56.6 Å².